The fourth-order valence-corrected chi connectivity index (χ4v) is 2.10. The van der Waals surface area contributed by atoms with E-state index < -0.39 is 17.6 Å². The van der Waals surface area contributed by atoms with Gasteiger partial charge in [-0.15, -0.1) is 0 Å². The van der Waals surface area contributed by atoms with Crippen molar-refractivity contribution in [1.29, 1.82) is 0 Å². The van der Waals surface area contributed by atoms with Gasteiger partial charge in [-0.2, -0.15) is 0 Å². The van der Waals surface area contributed by atoms with Crippen LogP contribution in [0.1, 0.15) is 21.8 Å². The minimum Gasteiger partial charge on any atom is -0.478 e. The highest BCUT2D eigenvalue weighted by molar-refractivity contribution is 6.00. The van der Waals surface area contributed by atoms with E-state index in [-0.39, 0.29) is 34.5 Å². The smallest absolute Gasteiger partial charge is 0.338 e. The molecule has 0 aliphatic rings. The molecule has 0 fully saturated rings. The number of nitrogens with zero attached hydrogens (tertiary/aromatic N) is 1. The van der Waals surface area contributed by atoms with Gasteiger partial charge in [-0.1, -0.05) is 12.1 Å². The third-order valence-corrected chi connectivity index (χ3v) is 3.08. The van der Waals surface area contributed by atoms with Gasteiger partial charge in [0.05, 0.1) is 12.0 Å². The first-order valence-corrected chi connectivity index (χ1v) is 6.11. The third-order valence-electron chi connectivity index (χ3n) is 3.08. The predicted molar refractivity (Wildman–Crippen MR) is 70.1 cm³/mol. The predicted octanol–water partition coefficient (Wildman–Crippen LogP) is 3.40. The van der Waals surface area contributed by atoms with Gasteiger partial charge in [-0.25, -0.2) is 18.6 Å². The van der Waals surface area contributed by atoms with E-state index in [9.17, 15) is 13.6 Å². The van der Waals surface area contributed by atoms with Gasteiger partial charge in [0.15, 0.2) is 11.5 Å². The van der Waals surface area contributed by atoms with Crippen molar-refractivity contribution in [1.82, 2.24) is 4.98 Å². The molecule has 1 aromatic heterocycles. The molecule has 0 saturated heterocycles. The number of carboxylic acid groups (broad SMARTS) is 1. The standard InChI is InChI=1S/C15H9F2NO3/c16-10-4-2-5-11(17)9(10)7-13-18-14-8(15(19)20)3-1-6-12(14)21-13/h1-6H,7H2,(H,19,20). The van der Waals surface area contributed by atoms with E-state index in [1.54, 1.807) is 6.07 Å². The third kappa shape index (κ3) is 2.35. The molecule has 0 atom stereocenters. The molecular weight excluding hydrogens is 280 g/mol. The summed E-state index contributed by atoms with van der Waals surface area (Å²) < 4.78 is 32.6. The summed E-state index contributed by atoms with van der Waals surface area (Å²) in [7, 11) is 0. The van der Waals surface area contributed by atoms with E-state index in [0.29, 0.717) is 0 Å². The summed E-state index contributed by atoms with van der Waals surface area (Å²) in [6, 6.07) is 8.01. The van der Waals surface area contributed by atoms with E-state index >= 15 is 0 Å². The van der Waals surface area contributed by atoms with Crippen molar-refractivity contribution >= 4 is 17.1 Å². The summed E-state index contributed by atoms with van der Waals surface area (Å²) in [6.45, 7) is 0. The summed E-state index contributed by atoms with van der Waals surface area (Å²) in [4.78, 5) is 15.1. The molecule has 0 aliphatic carbocycles. The topological polar surface area (TPSA) is 63.3 Å². The van der Waals surface area contributed by atoms with Crippen molar-refractivity contribution < 1.29 is 23.1 Å². The molecule has 0 aliphatic heterocycles. The van der Waals surface area contributed by atoms with Crippen molar-refractivity contribution in [2.24, 2.45) is 0 Å². The van der Waals surface area contributed by atoms with Gasteiger partial charge in [-0.05, 0) is 24.3 Å². The first kappa shape index (κ1) is 13.2. The Bertz CT molecular complexity index is 822. The highest BCUT2D eigenvalue weighted by Crippen LogP contribution is 2.23. The molecule has 0 radical (unpaired) electrons. The number of oxazole rings is 1. The number of rotatable bonds is 3. The number of fused-ring (bicyclic) bond motifs is 1. The van der Waals surface area contributed by atoms with Crippen LogP contribution in [-0.4, -0.2) is 16.1 Å². The molecule has 106 valence electrons. The summed E-state index contributed by atoms with van der Waals surface area (Å²) in [5.41, 5.74) is 0.246. The monoisotopic (exact) mass is 289 g/mol. The van der Waals surface area contributed by atoms with E-state index in [2.05, 4.69) is 4.98 Å². The second-order valence-electron chi connectivity index (χ2n) is 4.44. The Morgan fingerprint density at radius 1 is 1.14 bits per heavy atom. The van der Waals surface area contributed by atoms with Crippen molar-refractivity contribution in [3.63, 3.8) is 0 Å². The fraction of sp³-hybridized carbons (Fsp3) is 0.0667. The van der Waals surface area contributed by atoms with Crippen molar-refractivity contribution in [2.45, 2.75) is 6.42 Å². The van der Waals surface area contributed by atoms with Crippen LogP contribution in [0.25, 0.3) is 11.1 Å². The van der Waals surface area contributed by atoms with Gasteiger partial charge in [0.25, 0.3) is 0 Å². The number of hydrogen-bond donors (Lipinski definition) is 1. The lowest BCUT2D eigenvalue weighted by molar-refractivity contribution is 0.0699. The fourth-order valence-electron chi connectivity index (χ4n) is 2.10. The number of benzene rings is 2. The molecule has 6 heteroatoms. The molecule has 2 aromatic carbocycles. The zero-order valence-corrected chi connectivity index (χ0v) is 10.6. The van der Waals surface area contributed by atoms with Gasteiger partial charge in [-0.3, -0.25) is 0 Å². The summed E-state index contributed by atoms with van der Waals surface area (Å²) in [6.07, 6.45) is -0.188. The average molecular weight is 289 g/mol. The second kappa shape index (κ2) is 4.97. The molecule has 0 amide bonds. The lowest BCUT2D eigenvalue weighted by Gasteiger charge is -2.01. The Labute approximate surface area is 117 Å². The van der Waals surface area contributed by atoms with Crippen molar-refractivity contribution in [3.05, 3.63) is 65.1 Å². The Balaban J connectivity index is 2.06. The molecule has 0 spiro atoms. The molecule has 1 heterocycles. The molecular formula is C15H9F2NO3. The number of carboxylic acids is 1. The Kier molecular flexibility index (Phi) is 3.13. The molecule has 4 nitrogen and oxygen atoms in total. The van der Waals surface area contributed by atoms with Crippen LogP contribution in [0.5, 0.6) is 0 Å². The lowest BCUT2D eigenvalue weighted by atomic mass is 10.1. The maximum Gasteiger partial charge on any atom is 0.338 e. The van der Waals surface area contributed by atoms with Crippen LogP contribution >= 0.6 is 0 Å². The maximum absolute atomic E-state index is 13.6. The van der Waals surface area contributed by atoms with Crippen LogP contribution in [-0.2, 0) is 6.42 Å². The molecule has 0 saturated carbocycles. The van der Waals surface area contributed by atoms with E-state index in [1.807, 2.05) is 0 Å². The molecule has 0 unspecified atom stereocenters. The maximum atomic E-state index is 13.6. The van der Waals surface area contributed by atoms with Gasteiger partial charge >= 0.3 is 5.97 Å². The molecule has 3 rings (SSSR count). The number of aromatic carboxylic acids is 1. The zero-order valence-electron chi connectivity index (χ0n) is 10.6. The highest BCUT2D eigenvalue weighted by atomic mass is 19.1. The Morgan fingerprint density at radius 2 is 1.81 bits per heavy atom. The van der Waals surface area contributed by atoms with E-state index in [4.69, 9.17) is 9.52 Å². The first-order chi connectivity index (χ1) is 10.1. The van der Waals surface area contributed by atoms with Crippen LogP contribution < -0.4 is 0 Å². The van der Waals surface area contributed by atoms with Crippen LogP contribution in [0.2, 0.25) is 0 Å². The van der Waals surface area contributed by atoms with E-state index in [0.717, 1.165) is 12.1 Å². The number of aromatic nitrogens is 1. The van der Waals surface area contributed by atoms with Crippen LogP contribution in [0, 0.1) is 11.6 Å². The minimum atomic E-state index is -1.14. The SMILES string of the molecule is O=C(O)c1cccc2oc(Cc3c(F)cccc3F)nc12. The number of hydrogen-bond acceptors (Lipinski definition) is 3. The van der Waals surface area contributed by atoms with E-state index in [1.165, 1.54) is 18.2 Å². The van der Waals surface area contributed by atoms with Crippen molar-refractivity contribution in [3.8, 4) is 0 Å². The quantitative estimate of drug-likeness (QED) is 0.802. The highest BCUT2D eigenvalue weighted by Gasteiger charge is 2.17. The summed E-state index contributed by atoms with van der Waals surface area (Å²) >= 11 is 0. The molecule has 21 heavy (non-hydrogen) atoms. The number of carbonyl (C=O) groups is 1. The summed E-state index contributed by atoms with van der Waals surface area (Å²) in [5.74, 6) is -2.48. The largest absolute Gasteiger partial charge is 0.478 e. The molecule has 0 bridgehead atoms. The summed E-state index contributed by atoms with van der Waals surface area (Å²) in [5, 5.41) is 9.07. The van der Waals surface area contributed by atoms with Gasteiger partial charge in [0, 0.05) is 5.56 Å². The van der Waals surface area contributed by atoms with Crippen LogP contribution in [0.4, 0.5) is 8.78 Å². The molecule has 1 N–H and O–H groups in total. The Hall–Kier alpha value is -2.76. The second-order valence-corrected chi connectivity index (χ2v) is 4.44. The number of para-hydroxylation sites is 1. The Morgan fingerprint density at radius 3 is 2.48 bits per heavy atom. The number of halogens is 2. The normalized spacial score (nSPS) is 11.0. The molecule has 3 aromatic rings. The zero-order chi connectivity index (χ0) is 15.0. The lowest BCUT2D eigenvalue weighted by Crippen LogP contribution is -1.98. The minimum absolute atomic E-state index is 0.0171. The van der Waals surface area contributed by atoms with Gasteiger partial charge < -0.3 is 9.52 Å². The van der Waals surface area contributed by atoms with Crippen LogP contribution in [0.15, 0.2) is 40.8 Å². The van der Waals surface area contributed by atoms with Gasteiger partial charge in [0.1, 0.15) is 17.2 Å². The van der Waals surface area contributed by atoms with Gasteiger partial charge in [0.2, 0.25) is 0 Å². The van der Waals surface area contributed by atoms with Crippen molar-refractivity contribution in [2.75, 3.05) is 0 Å². The first-order valence-electron chi connectivity index (χ1n) is 6.11. The average Bonchev–Trinajstić information content (AvgIpc) is 2.85. The van der Waals surface area contributed by atoms with Crippen LogP contribution in [0.3, 0.4) is 0 Å².